The second kappa shape index (κ2) is 9.50. The minimum Gasteiger partial charge on any atom is -0.366 e. The molecular weight excluding hydrogens is 440 g/mol. The molecule has 0 aliphatic carbocycles. The fourth-order valence-electron chi connectivity index (χ4n) is 3.40. The monoisotopic (exact) mass is 462 g/mol. The van der Waals surface area contributed by atoms with Crippen LogP contribution in [-0.4, -0.2) is 37.6 Å². The maximum atomic E-state index is 13.3. The molecule has 0 unspecified atom stereocenters. The number of thioether (sulfide) groups is 1. The Morgan fingerprint density at radius 2 is 1.97 bits per heavy atom. The van der Waals surface area contributed by atoms with Crippen LogP contribution in [0.1, 0.15) is 16.7 Å². The molecule has 1 saturated heterocycles. The number of amides is 1. The van der Waals surface area contributed by atoms with E-state index in [-0.39, 0.29) is 11.5 Å². The maximum absolute atomic E-state index is 13.3. The van der Waals surface area contributed by atoms with Crippen molar-refractivity contribution in [2.75, 3.05) is 18.4 Å². The fraction of sp³-hybridized carbons (Fsp3) is 0.167. The number of fused-ring (bicyclic) bond motifs is 1. The van der Waals surface area contributed by atoms with Crippen LogP contribution < -0.4 is 10.9 Å². The standard InChI is InChI=1S/C24H22N4O2S2/c1-3-12-25-21-18(22(29)28-15-16(2)9-10-20(28)26-21)14-19-23(30)27(24(31)32-19)13-11-17-7-5-4-6-8-17/h3-10,14-15,25H,1,11-13H2,2H3. The van der Waals surface area contributed by atoms with Crippen LogP contribution in [0.15, 0.2) is 71.0 Å². The number of carbonyl (C=O) groups excluding carboxylic acids is 1. The number of thiocarbonyl (C=S) groups is 1. The van der Waals surface area contributed by atoms with E-state index in [1.807, 2.05) is 43.3 Å². The third-order valence-electron chi connectivity index (χ3n) is 5.04. The summed E-state index contributed by atoms with van der Waals surface area (Å²) in [6.45, 7) is 6.55. The van der Waals surface area contributed by atoms with Gasteiger partial charge in [0.2, 0.25) is 0 Å². The van der Waals surface area contributed by atoms with Crippen LogP contribution in [0.3, 0.4) is 0 Å². The molecular formula is C24H22N4O2S2. The SMILES string of the molecule is C=CCNc1nc2ccc(C)cn2c(=O)c1C=C1SC(=S)N(CCc2ccccc2)C1=O. The summed E-state index contributed by atoms with van der Waals surface area (Å²) in [7, 11) is 0. The van der Waals surface area contributed by atoms with Crippen LogP contribution in [-0.2, 0) is 11.2 Å². The first-order valence-electron chi connectivity index (χ1n) is 10.1. The number of hydrogen-bond donors (Lipinski definition) is 1. The molecule has 1 amide bonds. The predicted molar refractivity (Wildman–Crippen MR) is 135 cm³/mol. The van der Waals surface area contributed by atoms with Crippen molar-refractivity contribution in [2.24, 2.45) is 0 Å². The molecule has 1 aliphatic heterocycles. The van der Waals surface area contributed by atoms with Gasteiger partial charge in [-0.2, -0.15) is 0 Å². The molecule has 0 saturated carbocycles. The van der Waals surface area contributed by atoms with Gasteiger partial charge >= 0.3 is 0 Å². The summed E-state index contributed by atoms with van der Waals surface area (Å²) < 4.78 is 1.98. The van der Waals surface area contributed by atoms with Crippen LogP contribution >= 0.6 is 24.0 Å². The van der Waals surface area contributed by atoms with Crippen molar-refractivity contribution in [3.05, 3.63) is 93.3 Å². The van der Waals surface area contributed by atoms with Gasteiger partial charge in [-0.15, -0.1) is 6.58 Å². The molecule has 0 atom stereocenters. The number of hydrogen-bond acceptors (Lipinski definition) is 6. The van der Waals surface area contributed by atoms with Gasteiger partial charge in [-0.3, -0.25) is 18.9 Å². The Hall–Kier alpha value is -3.23. The number of benzene rings is 1. The van der Waals surface area contributed by atoms with Crippen molar-refractivity contribution in [3.63, 3.8) is 0 Å². The molecule has 6 nitrogen and oxygen atoms in total. The number of nitrogens with one attached hydrogen (secondary N) is 1. The quantitative estimate of drug-likeness (QED) is 0.325. The first-order valence-corrected chi connectivity index (χ1v) is 11.4. The molecule has 1 N–H and O–H groups in total. The number of aromatic nitrogens is 2. The number of rotatable bonds is 7. The molecule has 0 radical (unpaired) electrons. The van der Waals surface area contributed by atoms with Crippen LogP contribution in [0.5, 0.6) is 0 Å². The summed E-state index contributed by atoms with van der Waals surface area (Å²) in [6.07, 6.45) is 5.72. The van der Waals surface area contributed by atoms with E-state index < -0.39 is 0 Å². The molecule has 3 aromatic rings. The maximum Gasteiger partial charge on any atom is 0.267 e. The highest BCUT2D eigenvalue weighted by atomic mass is 32.2. The van der Waals surface area contributed by atoms with Gasteiger partial charge in [0.25, 0.3) is 11.5 Å². The van der Waals surface area contributed by atoms with E-state index in [9.17, 15) is 9.59 Å². The van der Waals surface area contributed by atoms with Gasteiger partial charge in [0.15, 0.2) is 0 Å². The average Bonchev–Trinajstić information content (AvgIpc) is 3.06. The van der Waals surface area contributed by atoms with Crippen molar-refractivity contribution in [2.45, 2.75) is 13.3 Å². The summed E-state index contributed by atoms with van der Waals surface area (Å²) in [5.74, 6) is 0.215. The Kier molecular flexibility index (Phi) is 6.53. The highest BCUT2D eigenvalue weighted by Crippen LogP contribution is 2.33. The molecule has 162 valence electrons. The van der Waals surface area contributed by atoms with E-state index in [0.717, 1.165) is 11.1 Å². The summed E-state index contributed by atoms with van der Waals surface area (Å²) in [4.78, 5) is 32.9. The van der Waals surface area contributed by atoms with Crippen molar-refractivity contribution in [3.8, 4) is 0 Å². The average molecular weight is 463 g/mol. The predicted octanol–water partition coefficient (Wildman–Crippen LogP) is 4.04. The van der Waals surface area contributed by atoms with E-state index >= 15 is 0 Å². The summed E-state index contributed by atoms with van der Waals surface area (Å²) in [5, 5.41) is 3.11. The Labute approximate surface area is 195 Å². The molecule has 0 bridgehead atoms. The second-order valence-corrected chi connectivity index (χ2v) is 9.03. The van der Waals surface area contributed by atoms with E-state index in [1.54, 1.807) is 29.3 Å². The summed E-state index contributed by atoms with van der Waals surface area (Å²) in [5.41, 5.74) is 2.67. The smallest absolute Gasteiger partial charge is 0.267 e. The van der Waals surface area contributed by atoms with Gasteiger partial charge in [-0.25, -0.2) is 4.98 Å². The molecule has 1 aromatic carbocycles. The molecule has 1 aliphatic rings. The molecule has 3 heterocycles. The van der Waals surface area contributed by atoms with Gasteiger partial charge in [0.05, 0.1) is 10.5 Å². The molecule has 8 heteroatoms. The first kappa shape index (κ1) is 22.0. The van der Waals surface area contributed by atoms with Crippen LogP contribution in [0, 0.1) is 6.92 Å². The minimum absolute atomic E-state index is 0.195. The lowest BCUT2D eigenvalue weighted by molar-refractivity contribution is -0.122. The highest BCUT2D eigenvalue weighted by Gasteiger charge is 2.32. The zero-order chi connectivity index (χ0) is 22.7. The van der Waals surface area contributed by atoms with E-state index in [2.05, 4.69) is 16.9 Å². The largest absolute Gasteiger partial charge is 0.366 e. The lowest BCUT2D eigenvalue weighted by Crippen LogP contribution is -2.30. The van der Waals surface area contributed by atoms with Crippen molar-refractivity contribution in [1.29, 1.82) is 0 Å². The van der Waals surface area contributed by atoms with Gasteiger partial charge in [0, 0.05) is 19.3 Å². The topological polar surface area (TPSA) is 66.7 Å². The van der Waals surface area contributed by atoms with Crippen molar-refractivity contribution < 1.29 is 4.79 Å². The first-order chi connectivity index (χ1) is 15.5. The van der Waals surface area contributed by atoms with Gasteiger partial charge in [-0.1, -0.05) is 66.5 Å². The summed E-state index contributed by atoms with van der Waals surface area (Å²) >= 11 is 6.66. The minimum atomic E-state index is -0.250. The molecule has 32 heavy (non-hydrogen) atoms. The number of anilines is 1. The third-order valence-corrected chi connectivity index (χ3v) is 6.41. The Morgan fingerprint density at radius 3 is 2.72 bits per heavy atom. The van der Waals surface area contributed by atoms with Crippen LogP contribution in [0.2, 0.25) is 0 Å². The molecule has 2 aromatic heterocycles. The van der Waals surface area contributed by atoms with Gasteiger partial charge in [0.1, 0.15) is 15.8 Å². The lowest BCUT2D eigenvalue weighted by Gasteiger charge is -2.14. The molecule has 0 spiro atoms. The molecule has 1 fully saturated rings. The number of nitrogens with zero attached hydrogens (tertiary/aromatic N) is 3. The fourth-order valence-corrected chi connectivity index (χ4v) is 4.69. The third kappa shape index (κ3) is 4.51. The Bertz CT molecular complexity index is 1300. The van der Waals surface area contributed by atoms with Crippen LogP contribution in [0.4, 0.5) is 5.82 Å². The number of aryl methyl sites for hydroxylation is 1. The van der Waals surface area contributed by atoms with Gasteiger partial charge in [-0.05, 0) is 36.6 Å². The zero-order valence-corrected chi connectivity index (χ0v) is 19.2. The van der Waals surface area contributed by atoms with E-state index in [1.165, 1.54) is 16.2 Å². The number of carbonyl (C=O) groups is 1. The Morgan fingerprint density at radius 1 is 1.19 bits per heavy atom. The second-order valence-electron chi connectivity index (χ2n) is 7.35. The molecule has 4 rings (SSSR count). The normalized spacial score (nSPS) is 15.0. The number of pyridine rings is 1. The Balaban J connectivity index is 1.69. The van der Waals surface area contributed by atoms with Crippen molar-refractivity contribution in [1.82, 2.24) is 14.3 Å². The summed E-state index contributed by atoms with van der Waals surface area (Å²) in [6, 6.07) is 13.6. The van der Waals surface area contributed by atoms with Crippen LogP contribution in [0.25, 0.3) is 11.7 Å². The van der Waals surface area contributed by atoms with E-state index in [0.29, 0.717) is 45.8 Å². The lowest BCUT2D eigenvalue weighted by atomic mass is 10.1. The van der Waals surface area contributed by atoms with Gasteiger partial charge < -0.3 is 5.32 Å². The van der Waals surface area contributed by atoms with E-state index in [4.69, 9.17) is 12.2 Å². The highest BCUT2D eigenvalue weighted by molar-refractivity contribution is 8.26. The zero-order valence-electron chi connectivity index (χ0n) is 17.6. The van der Waals surface area contributed by atoms with Crippen molar-refractivity contribution >= 4 is 51.7 Å².